The predicted molar refractivity (Wildman–Crippen MR) is 104 cm³/mol. The van der Waals surface area contributed by atoms with Crippen molar-refractivity contribution in [3.63, 3.8) is 0 Å². The lowest BCUT2D eigenvalue weighted by atomic mass is 10.1. The molecule has 0 atom stereocenters. The van der Waals surface area contributed by atoms with Crippen molar-refractivity contribution in [3.05, 3.63) is 78.1 Å². The second-order valence-electron chi connectivity index (χ2n) is 6.66. The molecular weight excluding hydrogens is 340 g/mol. The van der Waals surface area contributed by atoms with Crippen molar-refractivity contribution < 1.29 is 9.59 Å². The van der Waals surface area contributed by atoms with E-state index in [1.165, 1.54) is 0 Å². The molecule has 0 saturated heterocycles. The van der Waals surface area contributed by atoms with Gasteiger partial charge in [0.15, 0.2) is 0 Å². The summed E-state index contributed by atoms with van der Waals surface area (Å²) >= 11 is 0. The molecule has 0 aliphatic heterocycles. The van der Waals surface area contributed by atoms with Crippen LogP contribution in [-0.2, 0) is 11.3 Å². The van der Waals surface area contributed by atoms with Crippen LogP contribution in [0.4, 0.5) is 11.4 Å². The van der Waals surface area contributed by atoms with E-state index in [0.717, 1.165) is 24.1 Å². The number of carbonyl (C=O) groups excluding carboxylic acids is 2. The second kappa shape index (κ2) is 7.45. The molecular formula is C21H20N4O2. The number of rotatable bonds is 6. The summed E-state index contributed by atoms with van der Waals surface area (Å²) in [7, 11) is 0. The van der Waals surface area contributed by atoms with Crippen LogP contribution >= 0.6 is 0 Å². The lowest BCUT2D eigenvalue weighted by molar-refractivity contribution is -0.117. The van der Waals surface area contributed by atoms with E-state index in [4.69, 9.17) is 0 Å². The first-order valence-electron chi connectivity index (χ1n) is 8.96. The fraction of sp³-hybridized carbons (Fsp3) is 0.190. The first kappa shape index (κ1) is 17.0. The monoisotopic (exact) mass is 360 g/mol. The molecule has 0 bridgehead atoms. The Labute approximate surface area is 157 Å². The van der Waals surface area contributed by atoms with Gasteiger partial charge in [-0.3, -0.25) is 14.3 Å². The number of aromatic nitrogens is 2. The topological polar surface area (TPSA) is 76.0 Å². The number of benzene rings is 2. The molecule has 2 N–H and O–H groups in total. The number of amides is 2. The van der Waals surface area contributed by atoms with Crippen molar-refractivity contribution in [1.82, 2.24) is 9.78 Å². The van der Waals surface area contributed by atoms with Gasteiger partial charge in [-0.2, -0.15) is 5.10 Å². The van der Waals surface area contributed by atoms with E-state index in [1.807, 2.05) is 41.2 Å². The molecule has 6 heteroatoms. The highest BCUT2D eigenvalue weighted by molar-refractivity contribution is 6.05. The van der Waals surface area contributed by atoms with Crippen LogP contribution in [0.3, 0.4) is 0 Å². The van der Waals surface area contributed by atoms with Crippen molar-refractivity contribution in [3.8, 4) is 0 Å². The maximum atomic E-state index is 12.6. The maximum absolute atomic E-state index is 12.6. The molecule has 1 aliphatic rings. The minimum absolute atomic E-state index is 0.0553. The Hall–Kier alpha value is -3.41. The van der Waals surface area contributed by atoms with Gasteiger partial charge in [-0.15, -0.1) is 0 Å². The summed E-state index contributed by atoms with van der Waals surface area (Å²) in [4.78, 5) is 24.4. The van der Waals surface area contributed by atoms with E-state index in [-0.39, 0.29) is 17.7 Å². The van der Waals surface area contributed by atoms with E-state index < -0.39 is 0 Å². The molecule has 1 aliphatic carbocycles. The molecule has 1 heterocycles. The van der Waals surface area contributed by atoms with E-state index in [9.17, 15) is 9.59 Å². The zero-order valence-corrected chi connectivity index (χ0v) is 14.8. The predicted octanol–water partition coefficient (Wildman–Crippen LogP) is 3.53. The van der Waals surface area contributed by atoms with Crippen LogP contribution in [0.5, 0.6) is 0 Å². The minimum atomic E-state index is -0.192. The van der Waals surface area contributed by atoms with Gasteiger partial charge in [-0.25, -0.2) is 0 Å². The Kier molecular flexibility index (Phi) is 4.70. The van der Waals surface area contributed by atoms with E-state index >= 15 is 0 Å². The SMILES string of the molecule is O=C(Nc1ccccc1Cn1cccn1)c1ccc(NC(=O)C2CC2)cc1. The standard InChI is InChI=1S/C21H20N4O2/c26-20(15-6-7-15)23-18-10-8-16(9-11-18)21(27)24-19-5-2-1-4-17(19)14-25-13-3-12-22-25/h1-5,8-13,15H,6-7,14H2,(H,23,26)(H,24,27). The first-order valence-corrected chi connectivity index (χ1v) is 8.96. The molecule has 0 radical (unpaired) electrons. The van der Waals surface area contributed by atoms with Crippen molar-refractivity contribution in [1.29, 1.82) is 0 Å². The zero-order valence-electron chi connectivity index (χ0n) is 14.8. The Morgan fingerprint density at radius 2 is 1.78 bits per heavy atom. The third-order valence-corrected chi connectivity index (χ3v) is 4.52. The zero-order chi connectivity index (χ0) is 18.6. The Morgan fingerprint density at radius 3 is 2.48 bits per heavy atom. The third-order valence-electron chi connectivity index (χ3n) is 4.52. The smallest absolute Gasteiger partial charge is 0.255 e. The Bertz CT molecular complexity index is 945. The molecule has 2 amide bonds. The van der Waals surface area contributed by atoms with Gasteiger partial charge >= 0.3 is 0 Å². The number of hydrogen-bond acceptors (Lipinski definition) is 3. The highest BCUT2D eigenvalue weighted by atomic mass is 16.2. The van der Waals surface area contributed by atoms with Gasteiger partial charge in [-0.1, -0.05) is 18.2 Å². The van der Waals surface area contributed by atoms with Crippen LogP contribution < -0.4 is 10.6 Å². The molecule has 27 heavy (non-hydrogen) atoms. The number of carbonyl (C=O) groups is 2. The number of hydrogen-bond donors (Lipinski definition) is 2. The molecule has 3 aromatic rings. The summed E-state index contributed by atoms with van der Waals surface area (Å²) < 4.78 is 1.81. The molecule has 4 rings (SSSR count). The molecule has 2 aromatic carbocycles. The number of nitrogens with zero attached hydrogens (tertiary/aromatic N) is 2. The number of anilines is 2. The van der Waals surface area contributed by atoms with Gasteiger partial charge in [-0.05, 0) is 54.8 Å². The van der Waals surface area contributed by atoms with Crippen molar-refractivity contribution in [2.24, 2.45) is 5.92 Å². The number of para-hydroxylation sites is 1. The quantitative estimate of drug-likeness (QED) is 0.706. The van der Waals surface area contributed by atoms with Crippen molar-refractivity contribution in [2.45, 2.75) is 19.4 Å². The molecule has 1 fully saturated rings. The normalized spacial score (nSPS) is 13.2. The summed E-state index contributed by atoms with van der Waals surface area (Å²) in [5.74, 6) is 0.0157. The third kappa shape index (κ3) is 4.23. The Morgan fingerprint density at radius 1 is 1.00 bits per heavy atom. The van der Waals surface area contributed by atoms with E-state index in [0.29, 0.717) is 17.8 Å². The van der Waals surface area contributed by atoms with E-state index in [1.54, 1.807) is 30.5 Å². The highest BCUT2D eigenvalue weighted by Crippen LogP contribution is 2.30. The van der Waals surface area contributed by atoms with Crippen LogP contribution in [0.1, 0.15) is 28.8 Å². The van der Waals surface area contributed by atoms with Gasteiger partial charge in [0.05, 0.1) is 6.54 Å². The lowest BCUT2D eigenvalue weighted by Crippen LogP contribution is -2.15. The summed E-state index contributed by atoms with van der Waals surface area (Å²) in [5.41, 5.74) is 2.97. The summed E-state index contributed by atoms with van der Waals surface area (Å²) in [6.07, 6.45) is 5.53. The average Bonchev–Trinajstić information content (AvgIpc) is 3.42. The highest BCUT2D eigenvalue weighted by Gasteiger charge is 2.29. The van der Waals surface area contributed by atoms with Crippen LogP contribution in [0.25, 0.3) is 0 Å². The van der Waals surface area contributed by atoms with Crippen molar-refractivity contribution in [2.75, 3.05) is 10.6 Å². The van der Waals surface area contributed by atoms with Crippen LogP contribution in [0, 0.1) is 5.92 Å². The molecule has 0 unspecified atom stereocenters. The lowest BCUT2D eigenvalue weighted by Gasteiger charge is -2.12. The van der Waals surface area contributed by atoms with Crippen molar-refractivity contribution >= 4 is 23.2 Å². The molecule has 136 valence electrons. The minimum Gasteiger partial charge on any atom is -0.326 e. The van der Waals surface area contributed by atoms with E-state index in [2.05, 4.69) is 15.7 Å². The molecule has 1 aromatic heterocycles. The number of nitrogens with one attached hydrogen (secondary N) is 2. The van der Waals surface area contributed by atoms with Gasteiger partial charge < -0.3 is 10.6 Å². The van der Waals surface area contributed by atoms with Gasteiger partial charge in [0.25, 0.3) is 5.91 Å². The fourth-order valence-electron chi connectivity index (χ4n) is 2.84. The summed E-state index contributed by atoms with van der Waals surface area (Å²) in [6, 6.07) is 16.5. The first-order chi connectivity index (χ1) is 13.2. The van der Waals surface area contributed by atoms with Crippen LogP contribution in [0.15, 0.2) is 67.0 Å². The largest absolute Gasteiger partial charge is 0.326 e. The second-order valence-corrected chi connectivity index (χ2v) is 6.66. The maximum Gasteiger partial charge on any atom is 0.255 e. The van der Waals surface area contributed by atoms with Gasteiger partial charge in [0, 0.05) is 35.2 Å². The Balaban J connectivity index is 1.43. The summed E-state index contributed by atoms with van der Waals surface area (Å²) in [6.45, 7) is 0.579. The van der Waals surface area contributed by atoms with Gasteiger partial charge in [0.2, 0.25) is 5.91 Å². The summed E-state index contributed by atoms with van der Waals surface area (Å²) in [5, 5.41) is 10.0. The fourth-order valence-corrected chi connectivity index (χ4v) is 2.84. The van der Waals surface area contributed by atoms with Gasteiger partial charge in [0.1, 0.15) is 0 Å². The van der Waals surface area contributed by atoms with Crippen LogP contribution in [-0.4, -0.2) is 21.6 Å². The average molecular weight is 360 g/mol. The molecule has 0 spiro atoms. The molecule has 6 nitrogen and oxygen atoms in total. The van der Waals surface area contributed by atoms with Crippen LogP contribution in [0.2, 0.25) is 0 Å². The molecule has 1 saturated carbocycles.